The van der Waals surface area contributed by atoms with Crippen molar-refractivity contribution in [2.24, 2.45) is 11.8 Å². The Labute approximate surface area is 134 Å². The van der Waals surface area contributed by atoms with Crippen LogP contribution in [0.5, 0.6) is 5.75 Å². The third-order valence-corrected chi connectivity index (χ3v) is 3.72. The fraction of sp³-hybridized carbons (Fsp3) is 0.667. The summed E-state index contributed by atoms with van der Waals surface area (Å²) in [6.45, 7) is 9.82. The van der Waals surface area contributed by atoms with E-state index in [1.165, 1.54) is 0 Å². The Morgan fingerprint density at radius 3 is 2.24 bits per heavy atom. The van der Waals surface area contributed by atoms with Crippen molar-refractivity contribution in [1.29, 1.82) is 0 Å². The zero-order valence-corrected chi connectivity index (χ0v) is 14.5. The predicted octanol–water partition coefficient (Wildman–Crippen LogP) is 5.50. The molecule has 0 amide bonds. The summed E-state index contributed by atoms with van der Waals surface area (Å²) in [6, 6.07) is 9.79. The van der Waals surface area contributed by atoms with Crippen molar-refractivity contribution < 1.29 is 9.47 Å². The molecule has 0 aliphatic heterocycles. The molecular weight excluding hydrogens is 284 g/mol. The average Bonchev–Trinajstić information content (AvgIpc) is 2.42. The van der Waals surface area contributed by atoms with Crippen molar-refractivity contribution in [2.75, 3.05) is 13.2 Å². The zero-order chi connectivity index (χ0) is 15.7. The molecule has 1 aromatic carbocycles. The van der Waals surface area contributed by atoms with E-state index < -0.39 is 5.06 Å². The standard InChI is InChI=1S/C18H29ClO2/c1-15(2)10-11-18(19,14-16(3)4)21-13-12-20-17-8-6-5-7-9-17/h5-9,15-16H,10-14H2,1-4H3. The normalized spacial score (nSPS) is 14.4. The topological polar surface area (TPSA) is 18.5 Å². The molecule has 3 heteroatoms. The van der Waals surface area contributed by atoms with E-state index in [9.17, 15) is 0 Å². The highest BCUT2D eigenvalue weighted by atomic mass is 35.5. The second-order valence-electron chi connectivity index (χ2n) is 6.42. The highest BCUT2D eigenvalue weighted by molar-refractivity contribution is 6.22. The van der Waals surface area contributed by atoms with Gasteiger partial charge in [0.2, 0.25) is 0 Å². The third kappa shape index (κ3) is 8.33. The van der Waals surface area contributed by atoms with Crippen LogP contribution in [0.2, 0.25) is 0 Å². The van der Waals surface area contributed by atoms with Gasteiger partial charge < -0.3 is 9.47 Å². The van der Waals surface area contributed by atoms with Crippen LogP contribution in [0.25, 0.3) is 0 Å². The van der Waals surface area contributed by atoms with Crippen molar-refractivity contribution in [3.8, 4) is 5.75 Å². The van der Waals surface area contributed by atoms with E-state index >= 15 is 0 Å². The van der Waals surface area contributed by atoms with E-state index in [1.807, 2.05) is 30.3 Å². The number of hydrogen-bond acceptors (Lipinski definition) is 2. The van der Waals surface area contributed by atoms with Crippen LogP contribution >= 0.6 is 11.6 Å². The summed E-state index contributed by atoms with van der Waals surface area (Å²) < 4.78 is 11.6. The molecular formula is C18H29ClO2. The van der Waals surface area contributed by atoms with E-state index in [0.29, 0.717) is 25.0 Å². The van der Waals surface area contributed by atoms with Gasteiger partial charge in [-0.25, -0.2) is 0 Å². The van der Waals surface area contributed by atoms with Crippen LogP contribution in [0, 0.1) is 11.8 Å². The molecule has 0 bridgehead atoms. The Hall–Kier alpha value is -0.730. The summed E-state index contributed by atoms with van der Waals surface area (Å²) >= 11 is 6.68. The van der Waals surface area contributed by atoms with Crippen LogP contribution in [0.1, 0.15) is 47.0 Å². The largest absolute Gasteiger partial charge is 0.491 e. The van der Waals surface area contributed by atoms with Gasteiger partial charge in [-0.2, -0.15) is 0 Å². The maximum atomic E-state index is 6.68. The lowest BCUT2D eigenvalue weighted by atomic mass is 9.97. The number of hydrogen-bond donors (Lipinski definition) is 0. The molecule has 0 saturated carbocycles. The molecule has 0 aliphatic carbocycles. The quantitative estimate of drug-likeness (QED) is 0.419. The molecule has 0 saturated heterocycles. The first-order valence-electron chi connectivity index (χ1n) is 7.92. The Morgan fingerprint density at radius 2 is 1.67 bits per heavy atom. The van der Waals surface area contributed by atoms with Gasteiger partial charge in [0, 0.05) is 0 Å². The van der Waals surface area contributed by atoms with Gasteiger partial charge in [0.25, 0.3) is 0 Å². The number of halogens is 1. The molecule has 0 spiro atoms. The van der Waals surface area contributed by atoms with Gasteiger partial charge in [0.15, 0.2) is 0 Å². The molecule has 1 atom stereocenters. The first-order chi connectivity index (χ1) is 9.91. The van der Waals surface area contributed by atoms with E-state index in [4.69, 9.17) is 21.1 Å². The highest BCUT2D eigenvalue weighted by Gasteiger charge is 2.29. The molecule has 0 aromatic heterocycles. The second kappa shape index (κ2) is 9.32. The molecule has 0 N–H and O–H groups in total. The molecule has 0 heterocycles. The lowest BCUT2D eigenvalue weighted by Crippen LogP contribution is -2.30. The first-order valence-corrected chi connectivity index (χ1v) is 8.30. The molecule has 120 valence electrons. The van der Waals surface area contributed by atoms with Crippen LogP contribution in [-0.2, 0) is 4.74 Å². The molecule has 1 rings (SSSR count). The lowest BCUT2D eigenvalue weighted by Gasteiger charge is -2.30. The van der Waals surface area contributed by atoms with E-state index in [1.54, 1.807) is 0 Å². The maximum absolute atomic E-state index is 6.68. The Morgan fingerprint density at radius 1 is 1.00 bits per heavy atom. The molecule has 0 aliphatic rings. The SMILES string of the molecule is CC(C)CCC(Cl)(CC(C)C)OCCOc1ccccc1. The minimum absolute atomic E-state index is 0.517. The van der Waals surface area contributed by atoms with Crippen molar-refractivity contribution in [3.63, 3.8) is 0 Å². The van der Waals surface area contributed by atoms with Crippen molar-refractivity contribution in [3.05, 3.63) is 30.3 Å². The van der Waals surface area contributed by atoms with Crippen LogP contribution in [0.3, 0.4) is 0 Å². The van der Waals surface area contributed by atoms with Crippen LogP contribution in [-0.4, -0.2) is 18.3 Å². The maximum Gasteiger partial charge on any atom is 0.142 e. The van der Waals surface area contributed by atoms with Gasteiger partial charge in [0.1, 0.15) is 17.4 Å². The average molecular weight is 313 g/mol. The van der Waals surface area contributed by atoms with Gasteiger partial charge in [0.05, 0.1) is 6.61 Å². The van der Waals surface area contributed by atoms with E-state index in [2.05, 4.69) is 27.7 Å². The van der Waals surface area contributed by atoms with Crippen molar-refractivity contribution >= 4 is 11.6 Å². The number of benzene rings is 1. The fourth-order valence-electron chi connectivity index (χ4n) is 2.25. The third-order valence-electron chi connectivity index (χ3n) is 3.26. The van der Waals surface area contributed by atoms with Gasteiger partial charge >= 0.3 is 0 Å². The molecule has 2 nitrogen and oxygen atoms in total. The van der Waals surface area contributed by atoms with Gasteiger partial charge in [-0.1, -0.05) is 57.5 Å². The second-order valence-corrected chi connectivity index (χ2v) is 7.11. The monoisotopic (exact) mass is 312 g/mol. The summed E-state index contributed by atoms with van der Waals surface area (Å²) in [5.41, 5.74) is 0. The van der Waals surface area contributed by atoms with Gasteiger partial charge in [-0.05, 0) is 43.2 Å². The van der Waals surface area contributed by atoms with E-state index in [-0.39, 0.29) is 0 Å². The van der Waals surface area contributed by atoms with Gasteiger partial charge in [-0.3, -0.25) is 0 Å². The van der Waals surface area contributed by atoms with Crippen molar-refractivity contribution in [1.82, 2.24) is 0 Å². The summed E-state index contributed by atoms with van der Waals surface area (Å²) in [7, 11) is 0. The summed E-state index contributed by atoms with van der Waals surface area (Å²) in [5, 5.41) is -0.557. The Kier molecular flexibility index (Phi) is 8.13. The predicted molar refractivity (Wildman–Crippen MR) is 90.0 cm³/mol. The zero-order valence-electron chi connectivity index (χ0n) is 13.8. The Bertz CT molecular complexity index is 378. The number of alkyl halides is 1. The Balaban J connectivity index is 2.38. The summed E-state index contributed by atoms with van der Waals surface area (Å²) in [4.78, 5) is 0. The first kappa shape index (κ1) is 18.3. The molecule has 1 unspecified atom stereocenters. The van der Waals surface area contributed by atoms with Crippen molar-refractivity contribution in [2.45, 2.75) is 52.0 Å². The minimum Gasteiger partial charge on any atom is -0.491 e. The van der Waals surface area contributed by atoms with Crippen LogP contribution in [0.4, 0.5) is 0 Å². The van der Waals surface area contributed by atoms with E-state index in [0.717, 1.165) is 25.0 Å². The smallest absolute Gasteiger partial charge is 0.142 e. The number of para-hydroxylation sites is 1. The molecule has 0 radical (unpaired) electrons. The van der Waals surface area contributed by atoms with Crippen LogP contribution in [0.15, 0.2) is 30.3 Å². The van der Waals surface area contributed by atoms with Crippen LogP contribution < -0.4 is 4.74 Å². The highest BCUT2D eigenvalue weighted by Crippen LogP contribution is 2.32. The number of rotatable bonds is 10. The van der Waals surface area contributed by atoms with Gasteiger partial charge in [-0.15, -0.1) is 0 Å². The summed E-state index contributed by atoms with van der Waals surface area (Å²) in [6.07, 6.45) is 2.83. The molecule has 21 heavy (non-hydrogen) atoms. The molecule has 0 fully saturated rings. The minimum atomic E-state index is -0.557. The fourth-order valence-corrected chi connectivity index (χ4v) is 2.74. The summed E-state index contributed by atoms with van der Waals surface area (Å²) in [5.74, 6) is 2.02. The number of ether oxygens (including phenoxy) is 2. The molecule has 1 aromatic rings. The lowest BCUT2D eigenvalue weighted by molar-refractivity contribution is -0.0167.